The zero-order valence-corrected chi connectivity index (χ0v) is 11.8. The molecule has 19 heavy (non-hydrogen) atoms. The van der Waals surface area contributed by atoms with Gasteiger partial charge >= 0.3 is 0 Å². The average molecular weight is 262 g/mol. The summed E-state index contributed by atoms with van der Waals surface area (Å²) in [5, 5.41) is 2.86. The van der Waals surface area contributed by atoms with Gasteiger partial charge in [-0.1, -0.05) is 6.07 Å². The molecule has 0 aromatic heterocycles. The van der Waals surface area contributed by atoms with Crippen LogP contribution in [-0.2, 0) is 11.2 Å². The Bertz CT molecular complexity index is 478. The quantitative estimate of drug-likeness (QED) is 0.874. The monoisotopic (exact) mass is 262 g/mol. The van der Waals surface area contributed by atoms with Gasteiger partial charge in [-0.05, 0) is 56.9 Å². The Labute approximate surface area is 114 Å². The Morgan fingerprint density at radius 1 is 1.47 bits per heavy atom. The van der Waals surface area contributed by atoms with Crippen LogP contribution in [0.25, 0.3) is 0 Å². The lowest BCUT2D eigenvalue weighted by molar-refractivity contribution is -0.124. The SMILES string of the molecule is CC(C)(C)NC(=O)COc1ccc2c(c1)CC[C@@H]2N. The maximum atomic E-state index is 11.7. The zero-order valence-electron chi connectivity index (χ0n) is 11.8. The van der Waals surface area contributed by atoms with E-state index in [2.05, 4.69) is 5.32 Å². The molecule has 4 nitrogen and oxygen atoms in total. The molecule has 1 amide bonds. The molecule has 0 fully saturated rings. The van der Waals surface area contributed by atoms with Crippen molar-refractivity contribution in [2.45, 2.75) is 45.2 Å². The van der Waals surface area contributed by atoms with E-state index in [1.165, 1.54) is 11.1 Å². The third kappa shape index (κ3) is 3.70. The molecular formula is C15H22N2O2. The lowest BCUT2D eigenvalue weighted by Crippen LogP contribution is -2.43. The number of hydrogen-bond donors (Lipinski definition) is 2. The van der Waals surface area contributed by atoms with Crippen molar-refractivity contribution in [2.24, 2.45) is 5.73 Å². The van der Waals surface area contributed by atoms with Gasteiger partial charge in [0.25, 0.3) is 5.91 Å². The number of nitrogens with one attached hydrogen (secondary N) is 1. The number of carbonyl (C=O) groups excluding carboxylic acids is 1. The maximum absolute atomic E-state index is 11.7. The van der Waals surface area contributed by atoms with Crippen LogP contribution in [0.3, 0.4) is 0 Å². The van der Waals surface area contributed by atoms with E-state index in [1.807, 2.05) is 39.0 Å². The van der Waals surface area contributed by atoms with E-state index >= 15 is 0 Å². The minimum Gasteiger partial charge on any atom is -0.484 e. The summed E-state index contributed by atoms with van der Waals surface area (Å²) < 4.78 is 5.52. The third-order valence-electron chi connectivity index (χ3n) is 3.12. The molecular weight excluding hydrogens is 240 g/mol. The first-order valence-corrected chi connectivity index (χ1v) is 6.67. The van der Waals surface area contributed by atoms with Gasteiger partial charge in [-0.15, -0.1) is 0 Å². The second-order valence-electron chi connectivity index (χ2n) is 6.09. The Morgan fingerprint density at radius 2 is 2.21 bits per heavy atom. The molecule has 0 aliphatic heterocycles. The van der Waals surface area contributed by atoms with Crippen molar-refractivity contribution >= 4 is 5.91 Å². The molecule has 3 N–H and O–H groups in total. The van der Waals surface area contributed by atoms with Crippen LogP contribution >= 0.6 is 0 Å². The summed E-state index contributed by atoms with van der Waals surface area (Å²) in [5.41, 5.74) is 8.19. The van der Waals surface area contributed by atoms with Crippen LogP contribution in [0.5, 0.6) is 5.75 Å². The van der Waals surface area contributed by atoms with Gasteiger partial charge in [0.1, 0.15) is 5.75 Å². The van der Waals surface area contributed by atoms with E-state index in [0.29, 0.717) is 0 Å². The summed E-state index contributed by atoms with van der Waals surface area (Å²) in [5.74, 6) is 0.626. The minimum atomic E-state index is -0.231. The van der Waals surface area contributed by atoms with E-state index in [-0.39, 0.29) is 24.1 Å². The summed E-state index contributed by atoms with van der Waals surface area (Å²) >= 11 is 0. The summed E-state index contributed by atoms with van der Waals surface area (Å²) in [6.45, 7) is 5.88. The molecule has 0 spiro atoms. The molecule has 1 aliphatic rings. The Morgan fingerprint density at radius 3 is 2.89 bits per heavy atom. The highest BCUT2D eigenvalue weighted by Crippen LogP contribution is 2.31. The van der Waals surface area contributed by atoms with Gasteiger partial charge < -0.3 is 15.8 Å². The van der Waals surface area contributed by atoms with E-state index < -0.39 is 0 Å². The fourth-order valence-electron chi connectivity index (χ4n) is 2.32. The van der Waals surface area contributed by atoms with Gasteiger partial charge in [0.2, 0.25) is 0 Å². The first-order chi connectivity index (χ1) is 8.85. The number of carbonyl (C=O) groups is 1. The number of benzene rings is 1. The number of rotatable bonds is 3. The third-order valence-corrected chi connectivity index (χ3v) is 3.12. The second-order valence-corrected chi connectivity index (χ2v) is 6.09. The second kappa shape index (κ2) is 5.21. The molecule has 0 saturated carbocycles. The first-order valence-electron chi connectivity index (χ1n) is 6.67. The van der Waals surface area contributed by atoms with Crippen molar-refractivity contribution in [2.75, 3.05) is 6.61 Å². The fraction of sp³-hybridized carbons (Fsp3) is 0.533. The smallest absolute Gasteiger partial charge is 0.258 e. The van der Waals surface area contributed by atoms with Crippen LogP contribution in [-0.4, -0.2) is 18.1 Å². The highest BCUT2D eigenvalue weighted by molar-refractivity contribution is 5.78. The number of fused-ring (bicyclic) bond motifs is 1. The van der Waals surface area contributed by atoms with Crippen LogP contribution in [0, 0.1) is 0 Å². The van der Waals surface area contributed by atoms with Crippen molar-refractivity contribution in [3.05, 3.63) is 29.3 Å². The molecule has 0 bridgehead atoms. The van der Waals surface area contributed by atoms with Crippen LogP contribution in [0.15, 0.2) is 18.2 Å². The molecule has 0 radical (unpaired) electrons. The van der Waals surface area contributed by atoms with Crippen molar-refractivity contribution in [3.63, 3.8) is 0 Å². The van der Waals surface area contributed by atoms with E-state index in [9.17, 15) is 4.79 Å². The molecule has 2 rings (SSSR count). The van der Waals surface area contributed by atoms with Gasteiger partial charge in [-0.25, -0.2) is 0 Å². The van der Waals surface area contributed by atoms with Gasteiger partial charge in [-0.3, -0.25) is 4.79 Å². The van der Waals surface area contributed by atoms with Crippen LogP contribution in [0.2, 0.25) is 0 Å². The van der Waals surface area contributed by atoms with Crippen molar-refractivity contribution < 1.29 is 9.53 Å². The molecule has 104 valence electrons. The zero-order chi connectivity index (χ0) is 14.0. The minimum absolute atomic E-state index is 0.0438. The molecule has 1 aromatic carbocycles. The summed E-state index contributed by atoms with van der Waals surface area (Å²) in [7, 11) is 0. The lowest BCUT2D eigenvalue weighted by atomic mass is 10.1. The number of hydrogen-bond acceptors (Lipinski definition) is 3. The predicted octanol–water partition coefficient (Wildman–Crippen LogP) is 1.93. The number of nitrogens with two attached hydrogens (primary N) is 1. The summed E-state index contributed by atoms with van der Waals surface area (Å²) in [6.07, 6.45) is 1.98. The van der Waals surface area contributed by atoms with Crippen LogP contribution in [0.4, 0.5) is 0 Å². The molecule has 4 heteroatoms. The average Bonchev–Trinajstić information content (AvgIpc) is 2.66. The van der Waals surface area contributed by atoms with E-state index in [4.69, 9.17) is 10.5 Å². The highest BCUT2D eigenvalue weighted by Gasteiger charge is 2.19. The van der Waals surface area contributed by atoms with Crippen molar-refractivity contribution in [3.8, 4) is 5.75 Å². The van der Waals surface area contributed by atoms with Crippen molar-refractivity contribution in [1.82, 2.24) is 5.32 Å². The highest BCUT2D eigenvalue weighted by atomic mass is 16.5. The summed E-state index contributed by atoms with van der Waals surface area (Å²) in [4.78, 5) is 11.7. The first kappa shape index (κ1) is 13.9. The molecule has 1 aromatic rings. The Balaban J connectivity index is 1.92. The topological polar surface area (TPSA) is 64.3 Å². The predicted molar refractivity (Wildman–Crippen MR) is 75.1 cm³/mol. The molecule has 0 heterocycles. The van der Waals surface area contributed by atoms with Crippen LogP contribution < -0.4 is 15.8 Å². The number of aryl methyl sites for hydroxylation is 1. The lowest BCUT2D eigenvalue weighted by Gasteiger charge is -2.20. The molecule has 0 unspecified atom stereocenters. The van der Waals surface area contributed by atoms with Gasteiger partial charge in [-0.2, -0.15) is 0 Å². The fourth-order valence-corrected chi connectivity index (χ4v) is 2.32. The molecule has 1 aliphatic carbocycles. The summed E-state index contributed by atoms with van der Waals surface area (Å²) in [6, 6.07) is 6.03. The van der Waals surface area contributed by atoms with E-state index in [1.54, 1.807) is 0 Å². The molecule has 1 atom stereocenters. The van der Waals surface area contributed by atoms with Gasteiger partial charge in [0.15, 0.2) is 6.61 Å². The van der Waals surface area contributed by atoms with Gasteiger partial charge in [0, 0.05) is 11.6 Å². The van der Waals surface area contributed by atoms with Crippen LogP contribution in [0.1, 0.15) is 44.4 Å². The largest absolute Gasteiger partial charge is 0.484 e. The number of ether oxygens (including phenoxy) is 1. The Hall–Kier alpha value is -1.55. The molecule has 0 saturated heterocycles. The maximum Gasteiger partial charge on any atom is 0.258 e. The standard InChI is InChI=1S/C15H22N2O2/c1-15(2,3)17-14(18)9-19-11-5-6-12-10(8-11)4-7-13(12)16/h5-6,8,13H,4,7,9,16H2,1-3H3,(H,17,18)/t13-/m0/s1. The number of amides is 1. The normalized spacial score (nSPS) is 18.0. The van der Waals surface area contributed by atoms with Gasteiger partial charge in [0.05, 0.1) is 0 Å². The Kier molecular flexibility index (Phi) is 3.80. The van der Waals surface area contributed by atoms with Crippen molar-refractivity contribution in [1.29, 1.82) is 0 Å². The van der Waals surface area contributed by atoms with E-state index in [0.717, 1.165) is 18.6 Å².